The van der Waals surface area contributed by atoms with Gasteiger partial charge in [-0.05, 0) is 12.5 Å². The maximum Gasteiger partial charge on any atom is 0.421 e. The van der Waals surface area contributed by atoms with Crippen molar-refractivity contribution in [3.05, 3.63) is 39.9 Å². The van der Waals surface area contributed by atoms with Gasteiger partial charge in [-0.1, -0.05) is 0 Å². The van der Waals surface area contributed by atoms with Crippen LogP contribution >= 0.6 is 0 Å². The molecule has 0 unspecified atom stereocenters. The molecule has 9 nitrogen and oxygen atoms in total. The molecule has 0 saturated carbocycles. The number of nitrogens with zero attached hydrogens (tertiary/aromatic N) is 5. The predicted molar refractivity (Wildman–Crippen MR) is 93.9 cm³/mol. The first-order chi connectivity index (χ1) is 13.2. The molecule has 1 amide bonds. The third kappa shape index (κ3) is 4.56. The van der Waals surface area contributed by atoms with Gasteiger partial charge in [-0.3, -0.25) is 9.59 Å². The van der Waals surface area contributed by atoms with E-state index in [4.69, 9.17) is 0 Å². The van der Waals surface area contributed by atoms with Gasteiger partial charge in [0.15, 0.2) is 0 Å². The average molecular weight is 397 g/mol. The van der Waals surface area contributed by atoms with E-state index in [1.54, 1.807) is 22.4 Å². The molecule has 3 rings (SSSR count). The predicted octanol–water partition coefficient (Wildman–Crippen LogP) is 0.648. The molecule has 2 aromatic rings. The summed E-state index contributed by atoms with van der Waals surface area (Å²) >= 11 is 0. The second kappa shape index (κ2) is 7.82. The van der Waals surface area contributed by atoms with Crippen LogP contribution in [0.15, 0.2) is 23.3 Å². The first-order valence-electron chi connectivity index (χ1n) is 8.46. The molecule has 28 heavy (non-hydrogen) atoms. The Morgan fingerprint density at radius 3 is 2.46 bits per heavy atom. The highest BCUT2D eigenvalue weighted by Gasteiger charge is 2.34. The van der Waals surface area contributed by atoms with E-state index in [9.17, 15) is 22.8 Å². The molecule has 0 bridgehead atoms. The van der Waals surface area contributed by atoms with E-state index in [0.29, 0.717) is 38.2 Å². The quantitative estimate of drug-likeness (QED) is 0.780. The van der Waals surface area contributed by atoms with Crippen molar-refractivity contribution in [1.29, 1.82) is 0 Å². The Bertz CT molecular complexity index is 890. The summed E-state index contributed by atoms with van der Waals surface area (Å²) in [6.45, 7) is 3.61. The van der Waals surface area contributed by atoms with Crippen molar-refractivity contribution < 1.29 is 18.0 Å². The lowest BCUT2D eigenvalue weighted by Crippen LogP contribution is -2.50. The van der Waals surface area contributed by atoms with Crippen molar-refractivity contribution in [3.63, 3.8) is 0 Å². The van der Waals surface area contributed by atoms with Crippen LogP contribution < -0.4 is 15.8 Å². The van der Waals surface area contributed by atoms with Gasteiger partial charge in [0.1, 0.15) is 11.4 Å². The molecule has 3 heterocycles. The molecular weight excluding hydrogens is 379 g/mol. The van der Waals surface area contributed by atoms with Gasteiger partial charge in [0.25, 0.3) is 5.56 Å². The van der Waals surface area contributed by atoms with E-state index in [1.165, 1.54) is 0 Å². The molecule has 0 atom stereocenters. The molecule has 1 saturated heterocycles. The van der Waals surface area contributed by atoms with E-state index in [-0.39, 0.29) is 18.3 Å². The molecule has 150 valence electrons. The van der Waals surface area contributed by atoms with Crippen molar-refractivity contribution in [2.45, 2.75) is 13.1 Å². The number of aryl methyl sites for hydroxylation is 1. The third-order valence-corrected chi connectivity index (χ3v) is 4.21. The number of anilines is 2. The first kappa shape index (κ1) is 19.6. The number of halogens is 3. The van der Waals surface area contributed by atoms with Gasteiger partial charge in [-0.2, -0.15) is 18.3 Å². The Morgan fingerprint density at radius 1 is 1.21 bits per heavy atom. The van der Waals surface area contributed by atoms with Crippen LogP contribution in [-0.2, 0) is 11.0 Å². The zero-order valence-corrected chi connectivity index (χ0v) is 15.0. The second-order valence-corrected chi connectivity index (χ2v) is 6.28. The maximum atomic E-state index is 12.8. The summed E-state index contributed by atoms with van der Waals surface area (Å²) in [7, 11) is 0. The van der Waals surface area contributed by atoms with Crippen molar-refractivity contribution in [1.82, 2.24) is 25.1 Å². The zero-order valence-electron chi connectivity index (χ0n) is 15.0. The van der Waals surface area contributed by atoms with Crippen molar-refractivity contribution in [2.24, 2.45) is 0 Å². The molecule has 1 aliphatic rings. The minimum absolute atomic E-state index is 0.230. The largest absolute Gasteiger partial charge is 0.421 e. The number of amides is 1. The second-order valence-electron chi connectivity index (χ2n) is 6.28. The lowest BCUT2D eigenvalue weighted by atomic mass is 10.3. The molecule has 0 radical (unpaired) electrons. The Labute approximate surface area is 157 Å². The van der Waals surface area contributed by atoms with Crippen LogP contribution in [0.1, 0.15) is 11.1 Å². The number of nitrogens with one attached hydrogen (secondary N) is 2. The summed E-state index contributed by atoms with van der Waals surface area (Å²) in [4.78, 5) is 35.6. The molecule has 0 spiro atoms. The van der Waals surface area contributed by atoms with Crippen LogP contribution in [0.5, 0.6) is 0 Å². The normalized spacial score (nSPS) is 14.9. The van der Waals surface area contributed by atoms with Crippen LogP contribution in [0.4, 0.5) is 24.9 Å². The van der Waals surface area contributed by atoms with Crippen molar-refractivity contribution in [3.8, 4) is 0 Å². The van der Waals surface area contributed by atoms with Crippen LogP contribution in [0, 0.1) is 6.92 Å². The van der Waals surface area contributed by atoms with Gasteiger partial charge in [0, 0.05) is 44.6 Å². The van der Waals surface area contributed by atoms with Crippen LogP contribution in [0.2, 0.25) is 0 Å². The maximum absolute atomic E-state index is 12.8. The Hall–Kier alpha value is -3.18. The fourth-order valence-corrected chi connectivity index (χ4v) is 2.69. The number of rotatable bonds is 4. The summed E-state index contributed by atoms with van der Waals surface area (Å²) in [6.07, 6.45) is -1.36. The molecule has 1 fully saturated rings. The SMILES string of the molecule is Cc1cnc(N2CCN(C(=O)CNc3cc(C(F)(F)F)c(=O)[nH]n3)CC2)nc1. The summed E-state index contributed by atoms with van der Waals surface area (Å²) in [5, 5.41) is 7.78. The molecule has 2 aromatic heterocycles. The number of carbonyl (C=O) groups is 1. The van der Waals surface area contributed by atoms with E-state index in [2.05, 4.69) is 20.4 Å². The summed E-state index contributed by atoms with van der Waals surface area (Å²) in [5.41, 5.74) is -1.75. The number of hydrogen-bond donors (Lipinski definition) is 2. The van der Waals surface area contributed by atoms with E-state index >= 15 is 0 Å². The van der Waals surface area contributed by atoms with Gasteiger partial charge in [-0.25, -0.2) is 15.1 Å². The van der Waals surface area contributed by atoms with Crippen LogP contribution in [-0.4, -0.2) is 63.7 Å². The highest BCUT2D eigenvalue weighted by molar-refractivity contribution is 5.80. The number of aromatic amines is 1. The fraction of sp³-hybridized carbons (Fsp3) is 0.438. The lowest BCUT2D eigenvalue weighted by Gasteiger charge is -2.34. The van der Waals surface area contributed by atoms with Gasteiger partial charge in [0.05, 0.1) is 6.54 Å². The Balaban J connectivity index is 1.54. The Morgan fingerprint density at radius 2 is 1.86 bits per heavy atom. The van der Waals surface area contributed by atoms with E-state index in [1.807, 2.05) is 11.8 Å². The fourth-order valence-electron chi connectivity index (χ4n) is 2.69. The van der Waals surface area contributed by atoms with E-state index < -0.39 is 17.3 Å². The molecule has 0 aromatic carbocycles. The third-order valence-electron chi connectivity index (χ3n) is 4.21. The number of piperazine rings is 1. The monoisotopic (exact) mass is 397 g/mol. The van der Waals surface area contributed by atoms with Gasteiger partial charge >= 0.3 is 6.18 Å². The number of aromatic nitrogens is 4. The number of hydrogen-bond acceptors (Lipinski definition) is 7. The smallest absolute Gasteiger partial charge is 0.360 e. The highest BCUT2D eigenvalue weighted by atomic mass is 19.4. The van der Waals surface area contributed by atoms with Crippen molar-refractivity contribution >= 4 is 17.7 Å². The van der Waals surface area contributed by atoms with Crippen LogP contribution in [0.25, 0.3) is 0 Å². The van der Waals surface area contributed by atoms with Crippen molar-refractivity contribution in [2.75, 3.05) is 42.9 Å². The number of H-pyrrole nitrogens is 1. The summed E-state index contributed by atoms with van der Waals surface area (Å²) < 4.78 is 38.3. The molecule has 12 heteroatoms. The molecular formula is C16H18F3N7O2. The summed E-state index contributed by atoms with van der Waals surface area (Å²) in [6, 6.07) is 0.582. The molecule has 0 aliphatic carbocycles. The standard InChI is InChI=1S/C16H18F3N7O2/c1-10-7-21-15(22-8-10)26-4-2-25(3-5-26)13(27)9-20-12-6-11(16(17,18)19)14(28)24-23-12/h6-8H,2-5,9H2,1H3,(H,20,23)(H,24,28). The van der Waals surface area contributed by atoms with Gasteiger partial charge < -0.3 is 15.1 Å². The molecule has 1 aliphatic heterocycles. The zero-order chi connectivity index (χ0) is 20.3. The minimum atomic E-state index is -4.80. The number of alkyl halides is 3. The van der Waals surface area contributed by atoms with Gasteiger partial charge in [0.2, 0.25) is 11.9 Å². The topological polar surface area (TPSA) is 107 Å². The first-order valence-corrected chi connectivity index (χ1v) is 8.46. The summed E-state index contributed by atoms with van der Waals surface area (Å²) in [5.74, 6) is 0.0749. The van der Waals surface area contributed by atoms with Crippen LogP contribution in [0.3, 0.4) is 0 Å². The number of carbonyl (C=O) groups excluding carboxylic acids is 1. The molecule has 2 N–H and O–H groups in total. The average Bonchev–Trinajstić information content (AvgIpc) is 2.67. The minimum Gasteiger partial charge on any atom is -0.360 e. The van der Waals surface area contributed by atoms with E-state index in [0.717, 1.165) is 5.56 Å². The lowest BCUT2D eigenvalue weighted by molar-refractivity contribution is -0.138. The highest BCUT2D eigenvalue weighted by Crippen LogP contribution is 2.27. The Kier molecular flexibility index (Phi) is 5.47. The van der Waals surface area contributed by atoms with Gasteiger partial charge in [-0.15, -0.1) is 0 Å².